The van der Waals surface area contributed by atoms with Gasteiger partial charge in [-0.2, -0.15) is 0 Å². The lowest BCUT2D eigenvalue weighted by atomic mass is 10.1. The SMILES string of the molecule is Cc1cc(C)cc(OCCCSc2ccc(N)cc2C)c1. The number of benzene rings is 2. The van der Waals surface area contributed by atoms with Crippen LogP contribution in [0, 0.1) is 20.8 Å². The Morgan fingerprint density at radius 3 is 2.38 bits per heavy atom. The lowest BCUT2D eigenvalue weighted by molar-refractivity contribution is 0.318. The molecule has 0 saturated heterocycles. The summed E-state index contributed by atoms with van der Waals surface area (Å²) in [4.78, 5) is 1.30. The second-order valence-electron chi connectivity index (χ2n) is 5.40. The van der Waals surface area contributed by atoms with Gasteiger partial charge >= 0.3 is 0 Å². The highest BCUT2D eigenvalue weighted by atomic mass is 32.2. The Kier molecular flexibility index (Phi) is 5.57. The Labute approximate surface area is 131 Å². The molecule has 2 aromatic rings. The summed E-state index contributed by atoms with van der Waals surface area (Å²) < 4.78 is 5.82. The minimum Gasteiger partial charge on any atom is -0.494 e. The maximum absolute atomic E-state index is 5.82. The molecule has 2 nitrogen and oxygen atoms in total. The van der Waals surface area contributed by atoms with E-state index in [0.29, 0.717) is 0 Å². The van der Waals surface area contributed by atoms with Crippen LogP contribution in [0.1, 0.15) is 23.1 Å². The molecule has 0 fully saturated rings. The van der Waals surface area contributed by atoms with Gasteiger partial charge in [0.2, 0.25) is 0 Å². The van der Waals surface area contributed by atoms with Gasteiger partial charge in [-0.25, -0.2) is 0 Å². The van der Waals surface area contributed by atoms with Crippen LogP contribution in [0.15, 0.2) is 41.3 Å². The van der Waals surface area contributed by atoms with Crippen LogP contribution in [0.25, 0.3) is 0 Å². The van der Waals surface area contributed by atoms with E-state index in [1.54, 1.807) is 0 Å². The van der Waals surface area contributed by atoms with Gasteiger partial charge in [-0.05, 0) is 74.2 Å². The molecule has 0 heterocycles. The van der Waals surface area contributed by atoms with Crippen molar-refractivity contribution in [2.75, 3.05) is 18.1 Å². The van der Waals surface area contributed by atoms with Crippen LogP contribution in [-0.2, 0) is 0 Å². The molecule has 0 radical (unpaired) electrons. The van der Waals surface area contributed by atoms with Crippen molar-refractivity contribution < 1.29 is 4.74 Å². The summed E-state index contributed by atoms with van der Waals surface area (Å²) in [7, 11) is 0. The Balaban J connectivity index is 1.75. The highest BCUT2D eigenvalue weighted by molar-refractivity contribution is 7.99. The van der Waals surface area contributed by atoms with Crippen molar-refractivity contribution in [2.45, 2.75) is 32.1 Å². The van der Waals surface area contributed by atoms with E-state index in [9.17, 15) is 0 Å². The molecular formula is C18H23NOS. The molecule has 2 aromatic carbocycles. The minimum atomic E-state index is 0.754. The summed E-state index contributed by atoms with van der Waals surface area (Å²) in [6.45, 7) is 7.05. The summed E-state index contributed by atoms with van der Waals surface area (Å²) in [5.41, 5.74) is 10.3. The second-order valence-corrected chi connectivity index (χ2v) is 6.54. The van der Waals surface area contributed by atoms with Gasteiger partial charge in [0.1, 0.15) is 5.75 Å². The van der Waals surface area contributed by atoms with Crippen molar-refractivity contribution in [3.05, 3.63) is 53.1 Å². The van der Waals surface area contributed by atoms with Gasteiger partial charge in [-0.1, -0.05) is 6.07 Å². The number of anilines is 1. The van der Waals surface area contributed by atoms with Gasteiger partial charge in [-0.15, -0.1) is 11.8 Å². The molecule has 0 aliphatic rings. The molecule has 0 aromatic heterocycles. The van der Waals surface area contributed by atoms with E-state index < -0.39 is 0 Å². The Bertz CT molecular complexity index is 590. The zero-order valence-corrected chi connectivity index (χ0v) is 13.8. The maximum Gasteiger partial charge on any atom is 0.119 e. The zero-order valence-electron chi connectivity index (χ0n) is 13.0. The van der Waals surface area contributed by atoms with Gasteiger partial charge < -0.3 is 10.5 Å². The largest absolute Gasteiger partial charge is 0.494 e. The number of nitrogens with two attached hydrogens (primary N) is 1. The van der Waals surface area contributed by atoms with Crippen LogP contribution < -0.4 is 10.5 Å². The lowest BCUT2D eigenvalue weighted by Gasteiger charge is -2.09. The third-order valence-electron chi connectivity index (χ3n) is 3.21. The summed E-state index contributed by atoms with van der Waals surface area (Å²) in [5.74, 6) is 2.02. The highest BCUT2D eigenvalue weighted by Gasteiger charge is 2.01. The molecule has 0 unspecified atom stereocenters. The van der Waals surface area contributed by atoms with Gasteiger partial charge in [0.05, 0.1) is 6.61 Å². The molecule has 0 spiro atoms. The number of thioether (sulfide) groups is 1. The molecule has 0 saturated carbocycles. The Morgan fingerprint density at radius 1 is 1.00 bits per heavy atom. The van der Waals surface area contributed by atoms with E-state index in [2.05, 4.69) is 45.0 Å². The molecular weight excluding hydrogens is 278 g/mol. The average Bonchev–Trinajstić information content (AvgIpc) is 2.39. The van der Waals surface area contributed by atoms with Gasteiger partial charge in [0, 0.05) is 16.3 Å². The predicted octanol–water partition coefficient (Wildman–Crippen LogP) is 4.76. The van der Waals surface area contributed by atoms with E-state index in [1.807, 2.05) is 23.9 Å². The van der Waals surface area contributed by atoms with E-state index >= 15 is 0 Å². The fraction of sp³-hybridized carbons (Fsp3) is 0.333. The fourth-order valence-corrected chi connectivity index (χ4v) is 3.21. The number of hydrogen-bond acceptors (Lipinski definition) is 3. The molecule has 0 aliphatic carbocycles. The van der Waals surface area contributed by atoms with Crippen molar-refractivity contribution in [1.82, 2.24) is 0 Å². The Morgan fingerprint density at radius 2 is 1.71 bits per heavy atom. The molecule has 21 heavy (non-hydrogen) atoms. The molecule has 0 atom stereocenters. The summed E-state index contributed by atoms with van der Waals surface area (Å²) >= 11 is 1.86. The molecule has 3 heteroatoms. The quantitative estimate of drug-likeness (QED) is 0.475. The van der Waals surface area contributed by atoms with E-state index in [0.717, 1.165) is 30.2 Å². The summed E-state index contributed by atoms with van der Waals surface area (Å²) in [5, 5.41) is 0. The van der Waals surface area contributed by atoms with Crippen LogP contribution >= 0.6 is 11.8 Å². The van der Waals surface area contributed by atoms with Crippen LogP contribution in [0.3, 0.4) is 0 Å². The van der Waals surface area contributed by atoms with Crippen LogP contribution in [0.5, 0.6) is 5.75 Å². The second kappa shape index (κ2) is 7.41. The zero-order chi connectivity index (χ0) is 15.2. The molecule has 0 aliphatic heterocycles. The van der Waals surface area contributed by atoms with Crippen molar-refractivity contribution in [2.24, 2.45) is 0 Å². The number of hydrogen-bond donors (Lipinski definition) is 1. The first-order valence-corrected chi connectivity index (χ1v) is 8.23. The first kappa shape index (κ1) is 15.8. The molecule has 0 amide bonds. The fourth-order valence-electron chi connectivity index (χ4n) is 2.28. The smallest absolute Gasteiger partial charge is 0.119 e. The van der Waals surface area contributed by atoms with Crippen molar-refractivity contribution in [1.29, 1.82) is 0 Å². The molecule has 2 rings (SSSR count). The maximum atomic E-state index is 5.82. The summed E-state index contributed by atoms with van der Waals surface area (Å²) in [6, 6.07) is 12.4. The van der Waals surface area contributed by atoms with Gasteiger partial charge in [-0.3, -0.25) is 0 Å². The van der Waals surface area contributed by atoms with Crippen LogP contribution in [0.4, 0.5) is 5.69 Å². The standard InChI is InChI=1S/C18H23NOS/c1-13-9-14(2)11-17(10-13)20-7-4-8-21-18-6-5-16(19)12-15(18)3/h5-6,9-12H,4,7-8,19H2,1-3H3. The van der Waals surface area contributed by atoms with Gasteiger partial charge in [0.15, 0.2) is 0 Å². The van der Waals surface area contributed by atoms with Gasteiger partial charge in [0.25, 0.3) is 0 Å². The van der Waals surface area contributed by atoms with Crippen LogP contribution in [-0.4, -0.2) is 12.4 Å². The monoisotopic (exact) mass is 301 g/mol. The van der Waals surface area contributed by atoms with Crippen molar-refractivity contribution >= 4 is 17.4 Å². The highest BCUT2D eigenvalue weighted by Crippen LogP contribution is 2.24. The van der Waals surface area contributed by atoms with Crippen molar-refractivity contribution in [3.8, 4) is 5.75 Å². The number of rotatable bonds is 6. The average molecular weight is 301 g/mol. The van der Waals surface area contributed by atoms with E-state index in [1.165, 1.54) is 21.6 Å². The van der Waals surface area contributed by atoms with Crippen molar-refractivity contribution in [3.63, 3.8) is 0 Å². The molecule has 2 N–H and O–H groups in total. The number of aryl methyl sites for hydroxylation is 3. The third kappa shape index (κ3) is 5.01. The number of nitrogen functional groups attached to an aromatic ring is 1. The lowest BCUT2D eigenvalue weighted by Crippen LogP contribution is -1.99. The molecule has 0 bridgehead atoms. The first-order chi connectivity index (χ1) is 10.0. The number of ether oxygens (including phenoxy) is 1. The predicted molar refractivity (Wildman–Crippen MR) is 92.3 cm³/mol. The molecule has 112 valence electrons. The third-order valence-corrected chi connectivity index (χ3v) is 4.47. The normalized spacial score (nSPS) is 10.6. The minimum absolute atomic E-state index is 0.754. The van der Waals surface area contributed by atoms with E-state index in [4.69, 9.17) is 10.5 Å². The van der Waals surface area contributed by atoms with E-state index in [-0.39, 0.29) is 0 Å². The topological polar surface area (TPSA) is 35.2 Å². The van der Waals surface area contributed by atoms with Crippen LogP contribution in [0.2, 0.25) is 0 Å². The Hall–Kier alpha value is -1.61. The first-order valence-electron chi connectivity index (χ1n) is 7.24. The summed E-state index contributed by atoms with van der Waals surface area (Å²) in [6.07, 6.45) is 1.03.